The summed E-state index contributed by atoms with van der Waals surface area (Å²) in [7, 11) is 1.93. The topological polar surface area (TPSA) is 56.3 Å². The van der Waals surface area contributed by atoms with Crippen molar-refractivity contribution in [2.75, 3.05) is 13.2 Å². The van der Waals surface area contributed by atoms with Crippen LogP contribution in [0.2, 0.25) is 0 Å². The van der Waals surface area contributed by atoms with Gasteiger partial charge in [0, 0.05) is 19.7 Å². The number of hydrogen-bond donors (Lipinski definition) is 0. The van der Waals surface area contributed by atoms with Gasteiger partial charge >= 0.3 is 0 Å². The van der Waals surface area contributed by atoms with E-state index < -0.39 is 0 Å². The van der Waals surface area contributed by atoms with Gasteiger partial charge in [0.15, 0.2) is 10.2 Å². The number of nitrogens with zero attached hydrogens (tertiary/aromatic N) is 4. The van der Waals surface area contributed by atoms with E-state index in [2.05, 4.69) is 41.9 Å². The SMILES string of the molecule is CCN(Cc1ccc(Sc2nncn2C)o1)[C@H]1CCOC(C)(C)C1. The fraction of sp³-hybridized carbons (Fsp3) is 0.647. The summed E-state index contributed by atoms with van der Waals surface area (Å²) in [5, 5.41) is 9.65. The Morgan fingerprint density at radius 1 is 1.42 bits per heavy atom. The molecule has 0 N–H and O–H groups in total. The Kier molecular flexibility index (Phi) is 5.32. The van der Waals surface area contributed by atoms with Gasteiger partial charge in [-0.2, -0.15) is 0 Å². The van der Waals surface area contributed by atoms with E-state index >= 15 is 0 Å². The van der Waals surface area contributed by atoms with Gasteiger partial charge in [0.2, 0.25) is 0 Å². The van der Waals surface area contributed by atoms with E-state index in [9.17, 15) is 0 Å². The number of hydrogen-bond acceptors (Lipinski definition) is 6. The lowest BCUT2D eigenvalue weighted by atomic mass is 9.92. The quantitative estimate of drug-likeness (QED) is 0.796. The second-order valence-electron chi connectivity index (χ2n) is 6.87. The molecular formula is C17H26N4O2S. The summed E-state index contributed by atoms with van der Waals surface area (Å²) in [5.41, 5.74) is -0.0360. The molecule has 0 saturated carbocycles. The van der Waals surface area contributed by atoms with Crippen LogP contribution in [0.25, 0.3) is 0 Å². The van der Waals surface area contributed by atoms with Crippen molar-refractivity contribution in [1.29, 1.82) is 0 Å². The molecule has 1 fully saturated rings. The van der Waals surface area contributed by atoms with Gasteiger partial charge in [0.05, 0.1) is 12.1 Å². The Balaban J connectivity index is 1.63. The first-order valence-corrected chi connectivity index (χ1v) is 9.27. The summed E-state index contributed by atoms with van der Waals surface area (Å²) in [5.74, 6) is 0.991. The number of furan rings is 1. The normalized spacial score (nSPS) is 20.6. The molecule has 0 amide bonds. The monoisotopic (exact) mass is 350 g/mol. The lowest BCUT2D eigenvalue weighted by molar-refractivity contribution is -0.0845. The van der Waals surface area contributed by atoms with Crippen molar-refractivity contribution in [3.8, 4) is 0 Å². The molecule has 1 saturated heterocycles. The lowest BCUT2D eigenvalue weighted by Crippen LogP contribution is -2.45. The molecule has 2 aromatic heterocycles. The minimum absolute atomic E-state index is 0.0360. The van der Waals surface area contributed by atoms with Crippen LogP contribution in [0.3, 0.4) is 0 Å². The minimum atomic E-state index is -0.0360. The van der Waals surface area contributed by atoms with E-state index in [1.54, 1.807) is 6.33 Å². The molecule has 3 heterocycles. The number of aromatic nitrogens is 3. The molecule has 0 spiro atoms. The molecule has 2 aromatic rings. The molecule has 1 aliphatic rings. The van der Waals surface area contributed by atoms with Crippen LogP contribution in [0.4, 0.5) is 0 Å². The summed E-state index contributed by atoms with van der Waals surface area (Å²) in [6, 6.07) is 4.61. The van der Waals surface area contributed by atoms with Crippen LogP contribution >= 0.6 is 11.8 Å². The third-order valence-corrected chi connectivity index (χ3v) is 5.42. The summed E-state index contributed by atoms with van der Waals surface area (Å²) < 4.78 is 13.7. The molecule has 24 heavy (non-hydrogen) atoms. The van der Waals surface area contributed by atoms with Crippen molar-refractivity contribution in [2.45, 2.75) is 62.0 Å². The molecule has 3 rings (SSSR count). The Morgan fingerprint density at radius 3 is 2.92 bits per heavy atom. The van der Waals surface area contributed by atoms with E-state index in [0.29, 0.717) is 6.04 Å². The van der Waals surface area contributed by atoms with Gasteiger partial charge in [-0.3, -0.25) is 4.90 Å². The summed E-state index contributed by atoms with van der Waals surface area (Å²) in [4.78, 5) is 2.49. The zero-order chi connectivity index (χ0) is 17.2. The predicted molar refractivity (Wildman–Crippen MR) is 93.0 cm³/mol. The highest BCUT2D eigenvalue weighted by Crippen LogP contribution is 2.30. The highest BCUT2D eigenvalue weighted by atomic mass is 32.2. The fourth-order valence-electron chi connectivity index (χ4n) is 3.16. The maximum absolute atomic E-state index is 6.00. The van der Waals surface area contributed by atoms with Gasteiger partial charge in [-0.05, 0) is 57.1 Å². The summed E-state index contributed by atoms with van der Waals surface area (Å²) >= 11 is 1.50. The predicted octanol–water partition coefficient (Wildman–Crippen LogP) is 3.34. The van der Waals surface area contributed by atoms with Gasteiger partial charge in [0.1, 0.15) is 12.1 Å². The summed E-state index contributed by atoms with van der Waals surface area (Å²) in [6.45, 7) is 9.23. The van der Waals surface area contributed by atoms with Crippen LogP contribution in [-0.2, 0) is 18.3 Å². The highest BCUT2D eigenvalue weighted by molar-refractivity contribution is 7.99. The molecule has 0 unspecified atom stereocenters. The van der Waals surface area contributed by atoms with Gasteiger partial charge < -0.3 is 13.7 Å². The average molecular weight is 350 g/mol. The maximum atomic E-state index is 6.00. The van der Waals surface area contributed by atoms with Crippen molar-refractivity contribution in [2.24, 2.45) is 7.05 Å². The van der Waals surface area contributed by atoms with E-state index in [0.717, 1.165) is 48.5 Å². The Bertz CT molecular complexity index is 667. The molecule has 0 bridgehead atoms. The third kappa shape index (κ3) is 4.20. The van der Waals surface area contributed by atoms with Crippen LogP contribution in [0, 0.1) is 0 Å². The second kappa shape index (κ2) is 7.29. The van der Waals surface area contributed by atoms with Crippen LogP contribution in [0.15, 0.2) is 33.1 Å². The van der Waals surface area contributed by atoms with Crippen molar-refractivity contribution in [3.63, 3.8) is 0 Å². The molecule has 7 heteroatoms. The van der Waals surface area contributed by atoms with Crippen LogP contribution in [0.5, 0.6) is 0 Å². The van der Waals surface area contributed by atoms with Crippen LogP contribution in [0.1, 0.15) is 39.4 Å². The molecule has 132 valence electrons. The number of rotatable bonds is 6. The van der Waals surface area contributed by atoms with Crippen molar-refractivity contribution < 1.29 is 9.15 Å². The van der Waals surface area contributed by atoms with E-state index in [-0.39, 0.29) is 5.60 Å². The first-order chi connectivity index (χ1) is 11.5. The van der Waals surface area contributed by atoms with E-state index in [1.807, 2.05) is 17.7 Å². The standard InChI is InChI=1S/C17H26N4O2S/c1-5-21(13-8-9-22-17(2,3)10-13)11-14-6-7-15(23-14)24-16-19-18-12-20(16)4/h6-7,12-13H,5,8-11H2,1-4H3/t13-/m0/s1. The largest absolute Gasteiger partial charge is 0.453 e. The fourth-order valence-corrected chi connectivity index (χ4v) is 3.91. The highest BCUT2D eigenvalue weighted by Gasteiger charge is 2.32. The first kappa shape index (κ1) is 17.5. The first-order valence-electron chi connectivity index (χ1n) is 8.45. The van der Waals surface area contributed by atoms with E-state index in [4.69, 9.17) is 9.15 Å². The Hall–Kier alpha value is -1.31. The lowest BCUT2D eigenvalue weighted by Gasteiger charge is -2.40. The minimum Gasteiger partial charge on any atom is -0.453 e. The molecule has 0 aromatic carbocycles. The van der Waals surface area contributed by atoms with Crippen molar-refractivity contribution >= 4 is 11.8 Å². The molecular weight excluding hydrogens is 324 g/mol. The van der Waals surface area contributed by atoms with Gasteiger partial charge in [0.25, 0.3) is 0 Å². The zero-order valence-corrected chi connectivity index (χ0v) is 15.7. The van der Waals surface area contributed by atoms with Crippen LogP contribution < -0.4 is 0 Å². The molecule has 0 radical (unpaired) electrons. The maximum Gasteiger partial charge on any atom is 0.198 e. The Morgan fingerprint density at radius 2 is 2.25 bits per heavy atom. The molecule has 1 atom stereocenters. The van der Waals surface area contributed by atoms with Gasteiger partial charge in [-0.1, -0.05) is 6.92 Å². The second-order valence-corrected chi connectivity index (χ2v) is 7.84. The van der Waals surface area contributed by atoms with E-state index in [1.165, 1.54) is 11.8 Å². The zero-order valence-electron chi connectivity index (χ0n) is 14.9. The van der Waals surface area contributed by atoms with Gasteiger partial charge in [-0.25, -0.2) is 0 Å². The molecule has 1 aliphatic heterocycles. The van der Waals surface area contributed by atoms with Crippen molar-refractivity contribution in [1.82, 2.24) is 19.7 Å². The third-order valence-electron chi connectivity index (χ3n) is 4.45. The van der Waals surface area contributed by atoms with Gasteiger partial charge in [-0.15, -0.1) is 10.2 Å². The Labute approximate surface area is 147 Å². The van der Waals surface area contributed by atoms with Crippen LogP contribution in [-0.4, -0.2) is 44.5 Å². The van der Waals surface area contributed by atoms with Crippen molar-refractivity contribution in [3.05, 3.63) is 24.2 Å². The number of aryl methyl sites for hydroxylation is 1. The smallest absolute Gasteiger partial charge is 0.198 e. The number of ether oxygens (including phenoxy) is 1. The average Bonchev–Trinajstić information content (AvgIpc) is 3.14. The molecule has 0 aliphatic carbocycles. The molecule has 6 nitrogen and oxygen atoms in total. The summed E-state index contributed by atoms with van der Waals surface area (Å²) in [6.07, 6.45) is 3.83.